The van der Waals surface area contributed by atoms with Gasteiger partial charge in [0.25, 0.3) is 5.91 Å². The van der Waals surface area contributed by atoms with E-state index in [4.69, 9.17) is 18.9 Å². The van der Waals surface area contributed by atoms with Crippen molar-refractivity contribution in [2.45, 2.75) is 26.4 Å². The zero-order valence-corrected chi connectivity index (χ0v) is 18.3. The average Bonchev–Trinajstić information content (AvgIpc) is 3.14. The predicted molar refractivity (Wildman–Crippen MR) is 121 cm³/mol. The highest BCUT2D eigenvalue weighted by Gasteiger charge is 2.18. The number of nitrogens with zero attached hydrogens (tertiary/aromatic N) is 2. The fourth-order valence-corrected chi connectivity index (χ4v) is 3.73. The van der Waals surface area contributed by atoms with Gasteiger partial charge >= 0.3 is 5.63 Å². The first-order valence-electron chi connectivity index (χ1n) is 10.4. The largest absolute Gasteiger partial charge is 0.484 e. The summed E-state index contributed by atoms with van der Waals surface area (Å²) in [5, 5.41) is 3.76. The lowest BCUT2D eigenvalue weighted by molar-refractivity contribution is -0.123. The molecule has 0 fully saturated rings. The molecule has 0 saturated heterocycles. The molecule has 0 bridgehead atoms. The number of hydrogen-bond donors (Lipinski definition) is 1. The molecule has 0 unspecified atom stereocenters. The first-order valence-corrected chi connectivity index (χ1v) is 10.4. The first-order chi connectivity index (χ1) is 15.5. The Kier molecular flexibility index (Phi) is 6.23. The standard InChI is InChI=1S/C24H25N3O5/c1-15-12-23(29)32-21-13-17(8-9-18(15)21)31-14-22(28)25-16(2)24-26-19-6-4-5-7-20(19)27(24)10-11-30-3/h4-9,12-13,16H,10-11,14H2,1-3H3,(H,25,28)/t16-/m0/s1. The van der Waals surface area contributed by atoms with Gasteiger partial charge in [-0.15, -0.1) is 0 Å². The van der Waals surface area contributed by atoms with E-state index < -0.39 is 5.63 Å². The SMILES string of the molecule is COCCn1c([C@H](C)NC(=O)COc2ccc3c(C)cc(=O)oc3c2)nc2ccccc21. The van der Waals surface area contributed by atoms with E-state index in [1.54, 1.807) is 19.2 Å². The van der Waals surface area contributed by atoms with E-state index in [9.17, 15) is 9.59 Å². The number of hydrogen-bond acceptors (Lipinski definition) is 6. The summed E-state index contributed by atoms with van der Waals surface area (Å²) < 4.78 is 18.1. The maximum atomic E-state index is 12.5. The second-order valence-electron chi connectivity index (χ2n) is 7.59. The number of carbonyl (C=O) groups is 1. The van der Waals surface area contributed by atoms with Gasteiger partial charge in [0.05, 0.1) is 23.7 Å². The molecule has 4 rings (SSSR count). The van der Waals surface area contributed by atoms with Crippen LogP contribution < -0.4 is 15.7 Å². The van der Waals surface area contributed by atoms with Gasteiger partial charge in [-0.2, -0.15) is 0 Å². The highest BCUT2D eigenvalue weighted by Crippen LogP contribution is 2.23. The van der Waals surface area contributed by atoms with Gasteiger partial charge < -0.3 is 23.8 Å². The monoisotopic (exact) mass is 435 g/mol. The Balaban J connectivity index is 1.45. The van der Waals surface area contributed by atoms with Gasteiger partial charge in [0.2, 0.25) is 0 Å². The highest BCUT2D eigenvalue weighted by atomic mass is 16.5. The van der Waals surface area contributed by atoms with Crippen LogP contribution in [0.1, 0.15) is 24.4 Å². The van der Waals surface area contributed by atoms with Crippen LogP contribution in [0.2, 0.25) is 0 Å². The summed E-state index contributed by atoms with van der Waals surface area (Å²) in [4.78, 5) is 28.8. The van der Waals surface area contributed by atoms with Gasteiger partial charge in [-0.3, -0.25) is 4.79 Å². The number of amides is 1. The number of ether oxygens (including phenoxy) is 2. The third-order valence-electron chi connectivity index (χ3n) is 5.26. The van der Waals surface area contributed by atoms with E-state index in [0.29, 0.717) is 24.5 Å². The minimum absolute atomic E-state index is 0.176. The lowest BCUT2D eigenvalue weighted by Gasteiger charge is -2.16. The molecule has 1 amide bonds. The number of aromatic nitrogens is 2. The van der Waals surface area contributed by atoms with Crippen LogP contribution in [0.4, 0.5) is 0 Å². The smallest absolute Gasteiger partial charge is 0.336 e. The summed E-state index contributed by atoms with van der Waals surface area (Å²) in [6.07, 6.45) is 0. The Morgan fingerprint density at radius 1 is 1.22 bits per heavy atom. The Labute approximate surface area is 184 Å². The van der Waals surface area contributed by atoms with Crippen molar-refractivity contribution in [1.29, 1.82) is 0 Å². The molecule has 2 heterocycles. The van der Waals surface area contributed by atoms with Gasteiger partial charge in [-0.05, 0) is 43.7 Å². The molecule has 0 saturated carbocycles. The Morgan fingerprint density at radius 2 is 2.03 bits per heavy atom. The molecule has 0 aliphatic rings. The third kappa shape index (κ3) is 4.50. The first kappa shape index (κ1) is 21.6. The second kappa shape index (κ2) is 9.23. The van der Waals surface area contributed by atoms with Crippen LogP contribution in [0, 0.1) is 6.92 Å². The van der Waals surface area contributed by atoms with Crippen LogP contribution in [0.25, 0.3) is 22.0 Å². The molecule has 0 aliphatic heterocycles. The quantitative estimate of drug-likeness (QED) is 0.427. The van der Waals surface area contributed by atoms with Crippen molar-refractivity contribution in [3.8, 4) is 5.75 Å². The maximum Gasteiger partial charge on any atom is 0.336 e. The lowest BCUT2D eigenvalue weighted by atomic mass is 10.1. The van der Waals surface area contributed by atoms with Crippen molar-refractivity contribution < 1.29 is 18.7 Å². The minimum atomic E-state index is -0.421. The molecule has 2 aromatic carbocycles. The second-order valence-corrected chi connectivity index (χ2v) is 7.59. The average molecular weight is 435 g/mol. The van der Waals surface area contributed by atoms with Crippen LogP contribution in [-0.4, -0.2) is 35.8 Å². The number of rotatable bonds is 8. The number of aryl methyl sites for hydroxylation is 1. The highest BCUT2D eigenvalue weighted by molar-refractivity contribution is 5.82. The van der Waals surface area contributed by atoms with Crippen molar-refractivity contribution >= 4 is 27.9 Å². The Hall–Kier alpha value is -3.65. The summed E-state index contributed by atoms with van der Waals surface area (Å²) >= 11 is 0. The predicted octanol–water partition coefficient (Wildman–Crippen LogP) is 3.35. The molecule has 0 aliphatic carbocycles. The number of nitrogens with one attached hydrogen (secondary N) is 1. The van der Waals surface area contributed by atoms with E-state index in [1.165, 1.54) is 6.07 Å². The number of imidazole rings is 1. The van der Waals surface area contributed by atoms with Crippen molar-refractivity contribution in [2.75, 3.05) is 20.3 Å². The molecule has 166 valence electrons. The van der Waals surface area contributed by atoms with Crippen molar-refractivity contribution in [3.05, 3.63) is 70.3 Å². The Bertz CT molecular complexity index is 1320. The van der Waals surface area contributed by atoms with Crippen LogP contribution in [0.3, 0.4) is 0 Å². The van der Waals surface area contributed by atoms with Crippen molar-refractivity contribution in [3.63, 3.8) is 0 Å². The van der Waals surface area contributed by atoms with Gasteiger partial charge in [0, 0.05) is 31.2 Å². The molecule has 1 N–H and O–H groups in total. The molecular weight excluding hydrogens is 410 g/mol. The zero-order valence-electron chi connectivity index (χ0n) is 18.3. The summed E-state index contributed by atoms with van der Waals surface area (Å²) in [6.45, 7) is 4.72. The fourth-order valence-electron chi connectivity index (χ4n) is 3.73. The van der Waals surface area contributed by atoms with Crippen LogP contribution in [0.15, 0.2) is 57.7 Å². The minimum Gasteiger partial charge on any atom is -0.484 e. The number of methoxy groups -OCH3 is 1. The number of para-hydroxylation sites is 2. The third-order valence-corrected chi connectivity index (χ3v) is 5.26. The van der Waals surface area contributed by atoms with Gasteiger partial charge in [0.15, 0.2) is 6.61 Å². The molecule has 2 aromatic heterocycles. The van der Waals surface area contributed by atoms with E-state index in [1.807, 2.05) is 44.2 Å². The molecule has 1 atom stereocenters. The maximum absolute atomic E-state index is 12.5. The normalized spacial score (nSPS) is 12.2. The molecule has 32 heavy (non-hydrogen) atoms. The topological polar surface area (TPSA) is 95.6 Å². The lowest BCUT2D eigenvalue weighted by Crippen LogP contribution is -2.32. The molecule has 0 spiro atoms. The summed E-state index contributed by atoms with van der Waals surface area (Å²) in [6, 6.07) is 14.1. The summed E-state index contributed by atoms with van der Waals surface area (Å²) in [5.74, 6) is 0.912. The van der Waals surface area contributed by atoms with Gasteiger partial charge in [-0.25, -0.2) is 9.78 Å². The van der Waals surface area contributed by atoms with E-state index in [-0.39, 0.29) is 18.6 Å². The molecule has 0 radical (unpaired) electrons. The number of fused-ring (bicyclic) bond motifs is 2. The molecule has 8 heteroatoms. The Morgan fingerprint density at radius 3 is 2.84 bits per heavy atom. The van der Waals surface area contributed by atoms with Gasteiger partial charge in [-0.1, -0.05) is 12.1 Å². The molecular formula is C24H25N3O5. The molecule has 8 nitrogen and oxygen atoms in total. The summed E-state index contributed by atoms with van der Waals surface area (Å²) in [7, 11) is 1.65. The van der Waals surface area contributed by atoms with E-state index in [2.05, 4.69) is 9.88 Å². The van der Waals surface area contributed by atoms with Crippen LogP contribution in [0.5, 0.6) is 5.75 Å². The van der Waals surface area contributed by atoms with Crippen LogP contribution in [-0.2, 0) is 16.1 Å². The van der Waals surface area contributed by atoms with Crippen molar-refractivity contribution in [1.82, 2.24) is 14.9 Å². The fraction of sp³-hybridized carbons (Fsp3) is 0.292. The van der Waals surface area contributed by atoms with Crippen LogP contribution >= 0.6 is 0 Å². The van der Waals surface area contributed by atoms with E-state index >= 15 is 0 Å². The van der Waals surface area contributed by atoms with E-state index in [0.717, 1.165) is 27.8 Å². The number of carbonyl (C=O) groups excluding carboxylic acids is 1. The van der Waals surface area contributed by atoms with Crippen molar-refractivity contribution in [2.24, 2.45) is 0 Å². The summed E-state index contributed by atoms with van der Waals surface area (Å²) in [5.41, 5.74) is 2.68. The number of benzene rings is 2. The van der Waals surface area contributed by atoms with Gasteiger partial charge in [0.1, 0.15) is 17.2 Å². The zero-order chi connectivity index (χ0) is 22.7. The molecule has 4 aromatic rings.